The molecule has 0 unspecified atom stereocenters. The second kappa shape index (κ2) is 6.39. The van der Waals surface area contributed by atoms with Gasteiger partial charge in [0.2, 0.25) is 0 Å². The van der Waals surface area contributed by atoms with Crippen LogP contribution < -0.4 is 10.1 Å². The van der Waals surface area contributed by atoms with Crippen LogP contribution in [0.25, 0.3) is 0 Å². The van der Waals surface area contributed by atoms with Gasteiger partial charge in [-0.2, -0.15) is 0 Å². The molecule has 1 aliphatic rings. The number of ether oxygens (including phenoxy) is 1. The lowest BCUT2D eigenvalue weighted by Gasteiger charge is -2.46. The third-order valence-electron chi connectivity index (χ3n) is 3.15. The molecular weight excluding hydrogens is 360 g/mol. The SMILES string of the molecule is CC1(C)CC(Oc2sc(Cl)c(Cl)c2Cl)CC(C)(C)N1.Cl. The monoisotopic (exact) mass is 377 g/mol. The average molecular weight is 379 g/mol. The first-order valence-electron chi connectivity index (χ1n) is 6.19. The molecule has 2 nitrogen and oxygen atoms in total. The zero-order valence-electron chi connectivity index (χ0n) is 11.9. The zero-order chi connectivity index (χ0) is 14.4. The summed E-state index contributed by atoms with van der Waals surface area (Å²) in [7, 11) is 0. The van der Waals surface area contributed by atoms with Crippen molar-refractivity contribution < 1.29 is 4.74 Å². The van der Waals surface area contributed by atoms with Gasteiger partial charge in [0, 0.05) is 23.9 Å². The summed E-state index contributed by atoms with van der Waals surface area (Å²) in [6.07, 6.45) is 1.94. The maximum atomic E-state index is 6.13. The van der Waals surface area contributed by atoms with Crippen LogP contribution in [0.2, 0.25) is 14.4 Å². The average Bonchev–Trinajstić information content (AvgIpc) is 2.41. The number of hydrogen-bond acceptors (Lipinski definition) is 3. The first-order chi connectivity index (χ1) is 8.60. The Morgan fingerprint density at radius 2 is 1.55 bits per heavy atom. The van der Waals surface area contributed by atoms with Gasteiger partial charge in [-0.15, -0.1) is 12.4 Å². The molecule has 116 valence electrons. The zero-order valence-corrected chi connectivity index (χ0v) is 15.8. The third kappa shape index (κ3) is 4.31. The fourth-order valence-electron chi connectivity index (χ4n) is 2.89. The van der Waals surface area contributed by atoms with E-state index >= 15 is 0 Å². The van der Waals surface area contributed by atoms with Crippen molar-refractivity contribution in [3.63, 3.8) is 0 Å². The van der Waals surface area contributed by atoms with Gasteiger partial charge in [-0.05, 0) is 27.7 Å². The molecule has 1 N–H and O–H groups in total. The summed E-state index contributed by atoms with van der Waals surface area (Å²) in [6.45, 7) is 8.72. The first-order valence-corrected chi connectivity index (χ1v) is 8.14. The van der Waals surface area contributed by atoms with Gasteiger partial charge in [-0.1, -0.05) is 46.1 Å². The van der Waals surface area contributed by atoms with Crippen LogP contribution in [0.15, 0.2) is 0 Å². The largest absolute Gasteiger partial charge is 0.479 e. The molecule has 0 radical (unpaired) electrons. The Balaban J connectivity index is 0.00000200. The Morgan fingerprint density at radius 3 is 1.95 bits per heavy atom. The highest BCUT2D eigenvalue weighted by atomic mass is 35.5. The molecule has 20 heavy (non-hydrogen) atoms. The van der Waals surface area contributed by atoms with Gasteiger partial charge >= 0.3 is 0 Å². The predicted molar refractivity (Wildman–Crippen MR) is 91.5 cm³/mol. The molecule has 0 aliphatic carbocycles. The Kier molecular flexibility index (Phi) is 5.97. The van der Waals surface area contributed by atoms with E-state index in [4.69, 9.17) is 39.5 Å². The normalized spacial score (nSPS) is 21.4. The number of hydrogen-bond donors (Lipinski definition) is 1. The molecule has 7 heteroatoms. The quantitative estimate of drug-likeness (QED) is 0.700. The van der Waals surface area contributed by atoms with Crippen molar-refractivity contribution in [3.8, 4) is 5.06 Å². The van der Waals surface area contributed by atoms with Crippen molar-refractivity contribution in [3.05, 3.63) is 14.4 Å². The van der Waals surface area contributed by atoms with Gasteiger partial charge in [-0.25, -0.2) is 0 Å². The predicted octanol–water partition coefficient (Wildman–Crippen LogP) is 5.82. The smallest absolute Gasteiger partial charge is 0.196 e. The van der Waals surface area contributed by atoms with Crippen molar-refractivity contribution in [1.82, 2.24) is 5.32 Å². The van der Waals surface area contributed by atoms with Gasteiger partial charge < -0.3 is 10.1 Å². The second-order valence-electron chi connectivity index (χ2n) is 6.33. The molecular formula is C13H19Cl4NOS. The highest BCUT2D eigenvalue weighted by molar-refractivity contribution is 7.19. The molecule has 0 spiro atoms. The van der Waals surface area contributed by atoms with Gasteiger partial charge in [0.1, 0.15) is 15.5 Å². The number of rotatable bonds is 2. The molecule has 0 atom stereocenters. The van der Waals surface area contributed by atoms with Gasteiger partial charge in [0.25, 0.3) is 0 Å². The molecule has 0 aromatic carbocycles. The van der Waals surface area contributed by atoms with Gasteiger partial charge in [-0.3, -0.25) is 0 Å². The topological polar surface area (TPSA) is 21.3 Å². The lowest BCUT2D eigenvalue weighted by molar-refractivity contribution is 0.0584. The van der Waals surface area contributed by atoms with Crippen molar-refractivity contribution in [2.45, 2.75) is 57.7 Å². The minimum absolute atomic E-state index is 0. The first kappa shape index (κ1) is 18.7. The summed E-state index contributed by atoms with van der Waals surface area (Å²) < 4.78 is 6.52. The molecule has 1 aliphatic heterocycles. The Bertz CT molecular complexity index is 471. The number of thiophene rings is 1. The van der Waals surface area contributed by atoms with E-state index in [1.165, 1.54) is 11.3 Å². The van der Waals surface area contributed by atoms with Gasteiger partial charge in [0.05, 0.1) is 5.02 Å². The Labute approximate surface area is 145 Å². The highest BCUT2D eigenvalue weighted by Crippen LogP contribution is 2.47. The van der Waals surface area contributed by atoms with Crippen LogP contribution in [-0.4, -0.2) is 17.2 Å². The third-order valence-corrected chi connectivity index (χ3v) is 5.60. The molecule has 1 fully saturated rings. The van der Waals surface area contributed by atoms with Crippen molar-refractivity contribution >= 4 is 58.5 Å². The van der Waals surface area contributed by atoms with Crippen LogP contribution in [-0.2, 0) is 0 Å². The van der Waals surface area contributed by atoms with Crippen LogP contribution in [0.1, 0.15) is 40.5 Å². The summed E-state index contributed by atoms with van der Waals surface area (Å²) in [5, 5.41) is 5.04. The molecule has 2 rings (SSSR count). The highest BCUT2D eigenvalue weighted by Gasteiger charge is 2.39. The summed E-state index contributed by atoms with van der Waals surface area (Å²) in [5.41, 5.74) is 0.0630. The van der Waals surface area contributed by atoms with E-state index < -0.39 is 0 Å². The minimum atomic E-state index is 0. The summed E-state index contributed by atoms with van der Waals surface area (Å²) in [6, 6.07) is 0. The minimum Gasteiger partial charge on any atom is -0.479 e. The maximum Gasteiger partial charge on any atom is 0.196 e. The van der Waals surface area contributed by atoms with E-state index in [-0.39, 0.29) is 29.6 Å². The fourth-order valence-corrected chi connectivity index (χ4v) is 4.54. The molecule has 2 heterocycles. The van der Waals surface area contributed by atoms with E-state index in [0.717, 1.165) is 12.8 Å². The van der Waals surface area contributed by atoms with E-state index in [9.17, 15) is 0 Å². The summed E-state index contributed by atoms with van der Waals surface area (Å²) >= 11 is 19.4. The van der Waals surface area contributed by atoms with Crippen LogP contribution in [0, 0.1) is 0 Å². The maximum absolute atomic E-state index is 6.13. The standard InChI is InChI=1S/C13H18Cl3NOS.ClH/c1-12(2)5-7(6-13(3,4)17-12)18-11-9(15)8(14)10(16)19-11;/h7,17H,5-6H2,1-4H3;1H. The van der Waals surface area contributed by atoms with Gasteiger partial charge in [0.15, 0.2) is 5.06 Å². The van der Waals surface area contributed by atoms with Crippen LogP contribution in [0.3, 0.4) is 0 Å². The molecule has 0 amide bonds. The number of nitrogens with one attached hydrogen (secondary N) is 1. The fraction of sp³-hybridized carbons (Fsp3) is 0.692. The van der Waals surface area contributed by atoms with Crippen molar-refractivity contribution in [2.75, 3.05) is 0 Å². The van der Waals surface area contributed by atoms with Crippen LogP contribution in [0.5, 0.6) is 5.06 Å². The van der Waals surface area contributed by atoms with Crippen molar-refractivity contribution in [1.29, 1.82) is 0 Å². The molecule has 1 saturated heterocycles. The van der Waals surface area contributed by atoms with Crippen LogP contribution >= 0.6 is 58.5 Å². The lowest BCUT2D eigenvalue weighted by atomic mass is 9.81. The van der Waals surface area contributed by atoms with E-state index in [0.29, 0.717) is 19.4 Å². The van der Waals surface area contributed by atoms with Crippen molar-refractivity contribution in [2.24, 2.45) is 0 Å². The van der Waals surface area contributed by atoms with E-state index in [1.807, 2.05) is 0 Å². The summed E-state index contributed by atoms with van der Waals surface area (Å²) in [5.74, 6) is 0. The van der Waals surface area contributed by atoms with Crippen LogP contribution in [0.4, 0.5) is 0 Å². The summed E-state index contributed by atoms with van der Waals surface area (Å²) in [4.78, 5) is 0. The van der Waals surface area contributed by atoms with E-state index in [1.54, 1.807) is 0 Å². The number of piperidine rings is 1. The number of halogens is 4. The molecule has 1 aromatic rings. The molecule has 0 saturated carbocycles. The molecule has 1 aromatic heterocycles. The Morgan fingerprint density at radius 1 is 1.05 bits per heavy atom. The second-order valence-corrected chi connectivity index (χ2v) is 8.67. The Hall–Kier alpha value is 0.620. The lowest BCUT2D eigenvalue weighted by Crippen LogP contribution is -2.60. The molecule has 0 bridgehead atoms. The van der Waals surface area contributed by atoms with E-state index in [2.05, 4.69) is 33.0 Å².